The van der Waals surface area contributed by atoms with Crippen LogP contribution in [0.2, 0.25) is 0 Å². The van der Waals surface area contributed by atoms with Crippen molar-refractivity contribution in [3.63, 3.8) is 0 Å². The van der Waals surface area contributed by atoms with E-state index in [0.29, 0.717) is 6.10 Å². The van der Waals surface area contributed by atoms with Gasteiger partial charge in [-0.25, -0.2) is 0 Å². The number of hydrogen-bond donors (Lipinski definition) is 1. The molecule has 4 nitrogen and oxygen atoms in total. The van der Waals surface area contributed by atoms with E-state index < -0.39 is 0 Å². The van der Waals surface area contributed by atoms with Crippen molar-refractivity contribution >= 4 is 0 Å². The Morgan fingerprint density at radius 3 is 3.06 bits per heavy atom. The summed E-state index contributed by atoms with van der Waals surface area (Å²) in [5.41, 5.74) is 0. The standard InChI is InChI=1S/C14H27N3O/c1-16-6-2-3-12-10-17(7-4-14(12)16)11-13-9-15-5-8-18-13/h12-15H,2-11H2,1H3. The minimum absolute atomic E-state index is 0.414. The smallest absolute Gasteiger partial charge is 0.0826 e. The molecule has 3 atom stereocenters. The number of fused-ring (bicyclic) bond motifs is 1. The summed E-state index contributed by atoms with van der Waals surface area (Å²) in [4.78, 5) is 5.22. The van der Waals surface area contributed by atoms with E-state index in [1.54, 1.807) is 0 Å². The van der Waals surface area contributed by atoms with Crippen LogP contribution in [0.5, 0.6) is 0 Å². The Morgan fingerprint density at radius 2 is 2.22 bits per heavy atom. The van der Waals surface area contributed by atoms with Gasteiger partial charge in [-0.2, -0.15) is 0 Å². The van der Waals surface area contributed by atoms with Crippen molar-refractivity contribution in [1.29, 1.82) is 0 Å². The van der Waals surface area contributed by atoms with E-state index >= 15 is 0 Å². The second kappa shape index (κ2) is 5.87. The normalized spacial score (nSPS) is 39.5. The van der Waals surface area contributed by atoms with Crippen LogP contribution in [0, 0.1) is 5.92 Å². The summed E-state index contributed by atoms with van der Waals surface area (Å²) >= 11 is 0. The summed E-state index contributed by atoms with van der Waals surface area (Å²) in [5.74, 6) is 0.897. The Labute approximate surface area is 111 Å². The zero-order valence-corrected chi connectivity index (χ0v) is 11.6. The number of nitrogens with zero attached hydrogens (tertiary/aromatic N) is 2. The number of nitrogens with one attached hydrogen (secondary N) is 1. The zero-order chi connectivity index (χ0) is 12.4. The van der Waals surface area contributed by atoms with E-state index in [0.717, 1.165) is 38.2 Å². The highest BCUT2D eigenvalue weighted by molar-refractivity contribution is 4.90. The first-order valence-electron chi connectivity index (χ1n) is 7.58. The van der Waals surface area contributed by atoms with Gasteiger partial charge >= 0.3 is 0 Å². The number of piperidine rings is 2. The van der Waals surface area contributed by atoms with Gasteiger partial charge in [0.15, 0.2) is 0 Å². The summed E-state index contributed by atoms with van der Waals surface area (Å²) < 4.78 is 5.82. The Bertz CT molecular complexity index is 268. The number of morpholine rings is 1. The molecule has 0 aromatic rings. The van der Waals surface area contributed by atoms with Gasteiger partial charge in [0.25, 0.3) is 0 Å². The fourth-order valence-corrected chi connectivity index (χ4v) is 3.92. The molecule has 4 heteroatoms. The number of hydrogen-bond acceptors (Lipinski definition) is 4. The van der Waals surface area contributed by atoms with Crippen molar-refractivity contribution in [2.24, 2.45) is 5.92 Å². The number of ether oxygens (including phenoxy) is 1. The van der Waals surface area contributed by atoms with E-state index in [1.165, 1.54) is 38.9 Å². The van der Waals surface area contributed by atoms with Crippen LogP contribution >= 0.6 is 0 Å². The molecule has 0 aromatic carbocycles. The van der Waals surface area contributed by atoms with E-state index in [2.05, 4.69) is 22.2 Å². The van der Waals surface area contributed by atoms with Crippen molar-refractivity contribution in [2.75, 3.05) is 52.9 Å². The highest BCUT2D eigenvalue weighted by atomic mass is 16.5. The first-order valence-corrected chi connectivity index (χ1v) is 7.58. The lowest BCUT2D eigenvalue weighted by atomic mass is 9.84. The molecular formula is C14H27N3O. The summed E-state index contributed by atoms with van der Waals surface area (Å²) in [6.45, 7) is 7.90. The van der Waals surface area contributed by atoms with Crippen LogP contribution < -0.4 is 5.32 Å². The quantitative estimate of drug-likeness (QED) is 0.770. The largest absolute Gasteiger partial charge is 0.374 e. The van der Waals surface area contributed by atoms with E-state index in [-0.39, 0.29) is 0 Å². The van der Waals surface area contributed by atoms with Gasteiger partial charge in [0.1, 0.15) is 0 Å². The molecule has 18 heavy (non-hydrogen) atoms. The fourth-order valence-electron chi connectivity index (χ4n) is 3.92. The Hall–Kier alpha value is -0.160. The van der Waals surface area contributed by atoms with Gasteiger partial charge in [-0.1, -0.05) is 0 Å². The molecule has 3 aliphatic heterocycles. The second-order valence-corrected chi connectivity index (χ2v) is 6.20. The molecule has 0 amide bonds. The minimum atomic E-state index is 0.414. The number of rotatable bonds is 2. The Balaban J connectivity index is 1.50. The van der Waals surface area contributed by atoms with Crippen LogP contribution in [-0.4, -0.2) is 74.9 Å². The first-order chi connectivity index (χ1) is 8.83. The van der Waals surface area contributed by atoms with Crippen LogP contribution in [0.1, 0.15) is 19.3 Å². The van der Waals surface area contributed by atoms with Crippen LogP contribution in [0.15, 0.2) is 0 Å². The Morgan fingerprint density at radius 1 is 1.28 bits per heavy atom. The van der Waals surface area contributed by atoms with Crippen LogP contribution in [-0.2, 0) is 4.74 Å². The van der Waals surface area contributed by atoms with Crippen molar-refractivity contribution in [3.05, 3.63) is 0 Å². The Kier molecular flexibility index (Phi) is 4.19. The van der Waals surface area contributed by atoms with E-state index in [9.17, 15) is 0 Å². The molecule has 0 radical (unpaired) electrons. The van der Waals surface area contributed by atoms with Gasteiger partial charge in [-0.3, -0.25) is 0 Å². The van der Waals surface area contributed by atoms with Gasteiger partial charge in [-0.05, 0) is 45.3 Å². The molecule has 0 spiro atoms. The van der Waals surface area contributed by atoms with Crippen LogP contribution in [0.3, 0.4) is 0 Å². The molecule has 3 saturated heterocycles. The molecule has 0 aromatic heterocycles. The lowest BCUT2D eigenvalue weighted by Gasteiger charge is -2.46. The van der Waals surface area contributed by atoms with Crippen LogP contribution in [0.25, 0.3) is 0 Å². The van der Waals surface area contributed by atoms with Crippen molar-refractivity contribution in [3.8, 4) is 0 Å². The highest BCUT2D eigenvalue weighted by Gasteiger charge is 2.34. The van der Waals surface area contributed by atoms with Crippen LogP contribution in [0.4, 0.5) is 0 Å². The van der Waals surface area contributed by atoms with Gasteiger partial charge < -0.3 is 19.9 Å². The summed E-state index contributed by atoms with van der Waals surface area (Å²) in [5, 5.41) is 3.43. The molecule has 3 aliphatic rings. The van der Waals surface area contributed by atoms with E-state index in [1.807, 2.05) is 0 Å². The maximum absolute atomic E-state index is 5.82. The van der Waals surface area contributed by atoms with Crippen molar-refractivity contribution in [2.45, 2.75) is 31.4 Å². The molecule has 3 unspecified atom stereocenters. The topological polar surface area (TPSA) is 27.7 Å². The molecule has 3 rings (SSSR count). The monoisotopic (exact) mass is 253 g/mol. The summed E-state index contributed by atoms with van der Waals surface area (Å²) in [6, 6.07) is 0.848. The van der Waals surface area contributed by atoms with Gasteiger partial charge in [-0.15, -0.1) is 0 Å². The average Bonchev–Trinajstić information content (AvgIpc) is 2.40. The maximum atomic E-state index is 5.82. The molecule has 3 heterocycles. The SMILES string of the molecule is CN1CCCC2CN(CC3CNCCO3)CCC21. The molecule has 1 N–H and O–H groups in total. The van der Waals surface area contributed by atoms with Gasteiger partial charge in [0.2, 0.25) is 0 Å². The minimum Gasteiger partial charge on any atom is -0.374 e. The fraction of sp³-hybridized carbons (Fsp3) is 1.00. The average molecular weight is 253 g/mol. The van der Waals surface area contributed by atoms with Crippen molar-refractivity contribution < 1.29 is 4.74 Å². The molecule has 3 fully saturated rings. The zero-order valence-electron chi connectivity index (χ0n) is 11.6. The third-order valence-electron chi connectivity index (χ3n) is 4.90. The summed E-state index contributed by atoms with van der Waals surface area (Å²) in [6.07, 6.45) is 4.57. The van der Waals surface area contributed by atoms with E-state index in [4.69, 9.17) is 4.74 Å². The second-order valence-electron chi connectivity index (χ2n) is 6.20. The van der Waals surface area contributed by atoms with Gasteiger partial charge in [0, 0.05) is 32.2 Å². The van der Waals surface area contributed by atoms with Gasteiger partial charge in [0.05, 0.1) is 12.7 Å². The lowest BCUT2D eigenvalue weighted by Crippen LogP contribution is -2.55. The number of likely N-dealkylation sites (tertiary alicyclic amines) is 2. The third-order valence-corrected chi connectivity index (χ3v) is 4.90. The lowest BCUT2D eigenvalue weighted by molar-refractivity contribution is -0.0203. The third kappa shape index (κ3) is 2.87. The molecule has 0 bridgehead atoms. The summed E-state index contributed by atoms with van der Waals surface area (Å²) in [7, 11) is 2.31. The highest BCUT2D eigenvalue weighted by Crippen LogP contribution is 2.29. The predicted octanol–water partition coefficient (Wildman–Crippen LogP) is 0.391. The predicted molar refractivity (Wildman–Crippen MR) is 72.8 cm³/mol. The molecular weight excluding hydrogens is 226 g/mol. The molecule has 0 saturated carbocycles. The molecule has 104 valence electrons. The van der Waals surface area contributed by atoms with Crippen molar-refractivity contribution in [1.82, 2.24) is 15.1 Å². The molecule has 0 aliphatic carbocycles. The maximum Gasteiger partial charge on any atom is 0.0826 e. The first kappa shape index (κ1) is 12.9.